The van der Waals surface area contributed by atoms with E-state index in [0.717, 1.165) is 5.56 Å². The third kappa shape index (κ3) is 2.10. The van der Waals surface area contributed by atoms with E-state index in [9.17, 15) is 4.79 Å². The van der Waals surface area contributed by atoms with Crippen LogP contribution in [-0.4, -0.2) is 27.8 Å². The Kier molecular flexibility index (Phi) is 2.78. The monoisotopic (exact) mass is 232 g/mol. The highest BCUT2D eigenvalue weighted by Crippen LogP contribution is 2.13. The van der Waals surface area contributed by atoms with Gasteiger partial charge >= 0.3 is 5.97 Å². The van der Waals surface area contributed by atoms with Crippen LogP contribution >= 0.6 is 0 Å². The second-order valence-corrected chi connectivity index (χ2v) is 3.53. The third-order valence-corrected chi connectivity index (χ3v) is 2.34. The van der Waals surface area contributed by atoms with Gasteiger partial charge < -0.3 is 10.5 Å². The lowest BCUT2D eigenvalue weighted by Crippen LogP contribution is -2.06. The van der Waals surface area contributed by atoms with Crippen molar-refractivity contribution in [1.29, 1.82) is 0 Å². The molecule has 2 aromatic rings. The average Bonchev–Trinajstić information content (AvgIpc) is 2.69. The number of pyridine rings is 1. The fourth-order valence-electron chi connectivity index (χ4n) is 1.38. The van der Waals surface area contributed by atoms with Crippen LogP contribution in [-0.2, 0) is 4.74 Å². The van der Waals surface area contributed by atoms with Crippen molar-refractivity contribution in [2.24, 2.45) is 0 Å². The third-order valence-electron chi connectivity index (χ3n) is 2.34. The molecule has 0 saturated carbocycles. The van der Waals surface area contributed by atoms with E-state index in [1.54, 1.807) is 23.0 Å². The molecule has 0 aliphatic heterocycles. The summed E-state index contributed by atoms with van der Waals surface area (Å²) >= 11 is 0. The van der Waals surface area contributed by atoms with Gasteiger partial charge in [-0.2, -0.15) is 5.10 Å². The predicted molar refractivity (Wildman–Crippen MR) is 61.8 cm³/mol. The summed E-state index contributed by atoms with van der Waals surface area (Å²) in [5.41, 5.74) is 7.48. The number of aromatic nitrogens is 3. The maximum atomic E-state index is 11.3. The van der Waals surface area contributed by atoms with Gasteiger partial charge in [0.25, 0.3) is 0 Å². The minimum Gasteiger partial charge on any atom is -0.464 e. The first-order valence-electron chi connectivity index (χ1n) is 4.98. The highest BCUT2D eigenvalue weighted by molar-refractivity contribution is 5.87. The molecule has 0 aliphatic rings. The maximum absolute atomic E-state index is 11.3. The minimum absolute atomic E-state index is 0.233. The zero-order chi connectivity index (χ0) is 12.4. The largest absolute Gasteiger partial charge is 0.464 e. The number of esters is 1. The standard InChI is InChI=1S/C11H12N4O2/c1-7-6-15(14-10(7)12)8-3-4-13-9(5-8)11(16)17-2/h3-6H,1-2H3,(H2,12,14). The lowest BCUT2D eigenvalue weighted by Gasteiger charge is -2.02. The molecule has 2 N–H and O–H groups in total. The van der Waals surface area contributed by atoms with Crippen LogP contribution in [0.3, 0.4) is 0 Å². The Morgan fingerprint density at radius 2 is 2.29 bits per heavy atom. The molecule has 0 amide bonds. The van der Waals surface area contributed by atoms with Gasteiger partial charge in [-0.1, -0.05) is 0 Å². The molecule has 17 heavy (non-hydrogen) atoms. The topological polar surface area (TPSA) is 83.0 Å². The number of methoxy groups -OCH3 is 1. The van der Waals surface area contributed by atoms with Gasteiger partial charge in [-0.05, 0) is 19.1 Å². The van der Waals surface area contributed by atoms with Crippen LogP contribution in [0.15, 0.2) is 24.5 Å². The first kappa shape index (κ1) is 11.1. The number of anilines is 1. The van der Waals surface area contributed by atoms with Crippen molar-refractivity contribution in [3.63, 3.8) is 0 Å². The van der Waals surface area contributed by atoms with Gasteiger partial charge in [0.1, 0.15) is 11.5 Å². The Hall–Kier alpha value is -2.37. The summed E-state index contributed by atoms with van der Waals surface area (Å²) in [7, 11) is 1.31. The molecule has 0 bridgehead atoms. The van der Waals surface area contributed by atoms with Gasteiger partial charge in [-0.25, -0.2) is 14.5 Å². The Morgan fingerprint density at radius 3 is 2.88 bits per heavy atom. The summed E-state index contributed by atoms with van der Waals surface area (Å²) in [5.74, 6) is -0.0230. The van der Waals surface area contributed by atoms with Crippen molar-refractivity contribution in [3.05, 3.63) is 35.8 Å². The Balaban J connectivity index is 2.42. The lowest BCUT2D eigenvalue weighted by atomic mass is 10.3. The van der Waals surface area contributed by atoms with Crippen LogP contribution < -0.4 is 5.73 Å². The van der Waals surface area contributed by atoms with Crippen LogP contribution in [0.1, 0.15) is 16.1 Å². The van der Waals surface area contributed by atoms with E-state index in [2.05, 4.69) is 14.8 Å². The molecule has 88 valence electrons. The summed E-state index contributed by atoms with van der Waals surface area (Å²) in [6.07, 6.45) is 3.31. The summed E-state index contributed by atoms with van der Waals surface area (Å²) in [5, 5.41) is 4.12. The molecule has 2 aromatic heterocycles. The highest BCUT2D eigenvalue weighted by atomic mass is 16.5. The van der Waals surface area contributed by atoms with Crippen molar-refractivity contribution in [3.8, 4) is 5.69 Å². The molecule has 0 aliphatic carbocycles. The van der Waals surface area contributed by atoms with Gasteiger partial charge in [0.2, 0.25) is 0 Å². The SMILES string of the molecule is COC(=O)c1cc(-n2cc(C)c(N)n2)ccn1. The molecular weight excluding hydrogens is 220 g/mol. The molecule has 0 saturated heterocycles. The number of carbonyl (C=O) groups excluding carboxylic acids is 1. The van der Waals surface area contributed by atoms with Gasteiger partial charge in [-0.15, -0.1) is 0 Å². The minimum atomic E-state index is -0.483. The van der Waals surface area contributed by atoms with Gasteiger partial charge in [0, 0.05) is 18.0 Å². The van der Waals surface area contributed by atoms with Crippen LogP contribution in [0.5, 0.6) is 0 Å². The molecule has 2 heterocycles. The zero-order valence-corrected chi connectivity index (χ0v) is 9.54. The fraction of sp³-hybridized carbons (Fsp3) is 0.182. The van der Waals surface area contributed by atoms with E-state index in [1.807, 2.05) is 6.92 Å². The second kappa shape index (κ2) is 4.25. The predicted octanol–water partition coefficient (Wildman–Crippen LogP) is 0.945. The Bertz CT molecular complexity index is 543. The first-order valence-corrected chi connectivity index (χ1v) is 4.98. The number of nitrogen functional groups attached to an aromatic ring is 1. The quantitative estimate of drug-likeness (QED) is 0.779. The molecule has 6 heteroatoms. The molecular formula is C11H12N4O2. The average molecular weight is 232 g/mol. The van der Waals surface area contributed by atoms with Crippen LogP contribution in [0.4, 0.5) is 5.82 Å². The van der Waals surface area contributed by atoms with Crippen molar-refractivity contribution in [2.45, 2.75) is 6.92 Å². The zero-order valence-electron chi connectivity index (χ0n) is 9.54. The lowest BCUT2D eigenvalue weighted by molar-refractivity contribution is 0.0594. The first-order chi connectivity index (χ1) is 8.11. The van der Waals surface area contributed by atoms with Crippen LogP contribution in [0, 0.1) is 6.92 Å². The number of rotatable bonds is 2. The van der Waals surface area contributed by atoms with Gasteiger partial charge in [0.15, 0.2) is 0 Å². The van der Waals surface area contributed by atoms with Crippen molar-refractivity contribution < 1.29 is 9.53 Å². The number of nitrogens with zero attached hydrogens (tertiary/aromatic N) is 3. The number of hydrogen-bond acceptors (Lipinski definition) is 5. The molecule has 0 unspecified atom stereocenters. The van der Waals surface area contributed by atoms with Crippen LogP contribution in [0.2, 0.25) is 0 Å². The van der Waals surface area contributed by atoms with Crippen LogP contribution in [0.25, 0.3) is 5.69 Å². The molecule has 6 nitrogen and oxygen atoms in total. The van der Waals surface area contributed by atoms with Crippen molar-refractivity contribution >= 4 is 11.8 Å². The number of carbonyl (C=O) groups is 1. The molecule has 2 rings (SSSR count). The summed E-state index contributed by atoms with van der Waals surface area (Å²) < 4.78 is 6.20. The van der Waals surface area contributed by atoms with Crippen molar-refractivity contribution in [1.82, 2.24) is 14.8 Å². The molecule has 0 radical (unpaired) electrons. The molecule has 0 atom stereocenters. The molecule has 0 aromatic carbocycles. The smallest absolute Gasteiger partial charge is 0.356 e. The Labute approximate surface area is 98.0 Å². The summed E-state index contributed by atoms with van der Waals surface area (Å²) in [6, 6.07) is 3.33. The van der Waals surface area contributed by atoms with Crippen molar-refractivity contribution in [2.75, 3.05) is 12.8 Å². The van der Waals surface area contributed by atoms with E-state index < -0.39 is 5.97 Å². The normalized spacial score (nSPS) is 10.2. The Morgan fingerprint density at radius 1 is 1.53 bits per heavy atom. The van der Waals surface area contributed by atoms with E-state index in [0.29, 0.717) is 11.5 Å². The summed E-state index contributed by atoms with van der Waals surface area (Å²) in [6.45, 7) is 1.86. The summed E-state index contributed by atoms with van der Waals surface area (Å²) in [4.78, 5) is 15.2. The molecule has 0 fully saturated rings. The van der Waals surface area contributed by atoms with E-state index in [4.69, 9.17) is 5.73 Å². The van der Waals surface area contributed by atoms with E-state index in [-0.39, 0.29) is 5.69 Å². The number of aryl methyl sites for hydroxylation is 1. The second-order valence-electron chi connectivity index (χ2n) is 3.53. The van der Waals surface area contributed by atoms with E-state index in [1.165, 1.54) is 13.3 Å². The van der Waals surface area contributed by atoms with E-state index >= 15 is 0 Å². The fourth-order valence-corrected chi connectivity index (χ4v) is 1.38. The van der Waals surface area contributed by atoms with Gasteiger partial charge in [-0.3, -0.25) is 0 Å². The number of nitrogens with two attached hydrogens (primary N) is 1. The number of ether oxygens (including phenoxy) is 1. The number of hydrogen-bond donors (Lipinski definition) is 1. The molecule has 0 spiro atoms. The van der Waals surface area contributed by atoms with Gasteiger partial charge in [0.05, 0.1) is 12.8 Å². The highest BCUT2D eigenvalue weighted by Gasteiger charge is 2.09. The maximum Gasteiger partial charge on any atom is 0.356 e.